The van der Waals surface area contributed by atoms with E-state index >= 15 is 0 Å². The van der Waals surface area contributed by atoms with Crippen LogP contribution in [0.15, 0.2) is 12.7 Å². The van der Waals surface area contributed by atoms with Crippen LogP contribution in [0.1, 0.15) is 25.7 Å². The van der Waals surface area contributed by atoms with Crippen LogP contribution < -0.4 is 0 Å². The van der Waals surface area contributed by atoms with E-state index in [0.29, 0.717) is 0 Å². The summed E-state index contributed by atoms with van der Waals surface area (Å²) in [7, 11) is 1.16. The number of carbonyl (C=O) groups is 1. The van der Waals surface area contributed by atoms with E-state index < -0.39 is 72.8 Å². The molecule has 36 heavy (non-hydrogen) atoms. The zero-order valence-electron chi connectivity index (χ0n) is 17.6. The first kappa shape index (κ1) is 34.0. The Bertz CT molecular complexity index is 787. The van der Waals surface area contributed by atoms with Crippen LogP contribution in [0.25, 0.3) is 0 Å². The number of amides is 1. The van der Waals surface area contributed by atoms with Gasteiger partial charge in [0.25, 0.3) is 0 Å². The Kier molecular flexibility index (Phi) is 9.50. The maximum absolute atomic E-state index is 13.7. The molecule has 0 aromatic heterocycles. The summed E-state index contributed by atoms with van der Waals surface area (Å²) in [5.74, 6) is -56.8. The lowest BCUT2D eigenvalue weighted by atomic mass is 9.88. The first-order chi connectivity index (χ1) is 15.6. The van der Waals surface area contributed by atoms with Crippen LogP contribution in [0.2, 0.25) is 0 Å². The molecule has 0 saturated carbocycles. The third-order valence-electron chi connectivity index (χ3n) is 4.82. The lowest BCUT2D eigenvalue weighted by Gasteiger charge is -2.42. The predicted molar refractivity (Wildman–Crippen MR) is 87.0 cm³/mol. The average molecular weight is 573 g/mol. The summed E-state index contributed by atoms with van der Waals surface area (Å²) < 4.78 is 223. The second-order valence-electron chi connectivity index (χ2n) is 7.42. The van der Waals surface area contributed by atoms with E-state index in [1.165, 1.54) is 0 Å². The van der Waals surface area contributed by atoms with Crippen molar-refractivity contribution < 1.29 is 79.4 Å². The van der Waals surface area contributed by atoms with Crippen LogP contribution in [-0.4, -0.2) is 72.0 Å². The Morgan fingerprint density at radius 2 is 0.972 bits per heavy atom. The van der Waals surface area contributed by atoms with Crippen LogP contribution >= 0.6 is 0 Å². The maximum Gasteiger partial charge on any atom is 0.460 e. The van der Waals surface area contributed by atoms with E-state index in [2.05, 4.69) is 6.58 Å². The molecule has 0 heterocycles. The van der Waals surface area contributed by atoms with E-state index in [1.54, 1.807) is 0 Å². The summed E-state index contributed by atoms with van der Waals surface area (Å²) in [5.41, 5.74) is 0. The number of alkyl halides is 17. The van der Waals surface area contributed by atoms with Gasteiger partial charge >= 0.3 is 47.6 Å². The Morgan fingerprint density at radius 3 is 1.33 bits per heavy atom. The average Bonchev–Trinajstić information content (AvgIpc) is 2.70. The van der Waals surface area contributed by atoms with Gasteiger partial charge in [0.05, 0.1) is 0 Å². The normalized spacial score (nSPS) is 15.2. The molecule has 0 aliphatic heterocycles. The molecule has 19 heteroatoms. The molecule has 0 aliphatic carbocycles. The maximum atomic E-state index is 13.7. The first-order valence-corrected chi connectivity index (χ1v) is 9.20. The molecule has 0 fully saturated rings. The minimum absolute atomic E-state index is 0.240. The Balaban J connectivity index is 5.96. The number of rotatable bonds is 13. The topological polar surface area (TPSA) is 20.3 Å². The number of halogens is 17. The summed E-state index contributed by atoms with van der Waals surface area (Å²) in [6.07, 6.45) is -11.5. The van der Waals surface area contributed by atoms with Gasteiger partial charge in [0.2, 0.25) is 5.91 Å². The zero-order valence-corrected chi connectivity index (χ0v) is 17.6. The Morgan fingerprint density at radius 1 is 0.611 bits per heavy atom. The van der Waals surface area contributed by atoms with Crippen molar-refractivity contribution in [3.05, 3.63) is 12.7 Å². The van der Waals surface area contributed by atoms with Gasteiger partial charge in [-0.15, -0.1) is 0 Å². The van der Waals surface area contributed by atoms with E-state index in [4.69, 9.17) is 0 Å². The van der Waals surface area contributed by atoms with E-state index in [0.717, 1.165) is 18.0 Å². The summed E-state index contributed by atoms with van der Waals surface area (Å²) in [5, 5.41) is 0. The molecule has 2 nitrogen and oxygen atoms in total. The number of hydrogen-bond acceptors (Lipinski definition) is 1. The zero-order chi connectivity index (χ0) is 29.4. The second-order valence-corrected chi connectivity index (χ2v) is 7.42. The van der Waals surface area contributed by atoms with Gasteiger partial charge in [-0.2, -0.15) is 74.6 Å². The molecule has 0 aromatic rings. The summed E-state index contributed by atoms with van der Waals surface area (Å²) in [6.45, 7) is 2.84. The van der Waals surface area contributed by atoms with Crippen LogP contribution in [0, 0.1) is 0 Å². The first-order valence-electron chi connectivity index (χ1n) is 9.20. The van der Waals surface area contributed by atoms with Crippen LogP contribution in [0.4, 0.5) is 74.6 Å². The summed E-state index contributed by atoms with van der Waals surface area (Å²) >= 11 is 0. The Labute approximate surface area is 191 Å². The van der Waals surface area contributed by atoms with Crippen LogP contribution in [-0.2, 0) is 4.79 Å². The quantitative estimate of drug-likeness (QED) is 0.130. The van der Waals surface area contributed by atoms with Crippen molar-refractivity contribution in [2.24, 2.45) is 0 Å². The van der Waals surface area contributed by atoms with Gasteiger partial charge < -0.3 is 4.90 Å². The van der Waals surface area contributed by atoms with E-state index in [1.807, 2.05) is 0 Å². The summed E-state index contributed by atoms with van der Waals surface area (Å²) in [6, 6.07) is 0. The van der Waals surface area contributed by atoms with Crippen molar-refractivity contribution in [1.82, 2.24) is 4.90 Å². The van der Waals surface area contributed by atoms with E-state index in [9.17, 15) is 79.4 Å². The van der Waals surface area contributed by atoms with Gasteiger partial charge in [0, 0.05) is 20.0 Å². The van der Waals surface area contributed by atoms with Gasteiger partial charge in [-0.1, -0.05) is 13.0 Å². The van der Waals surface area contributed by atoms with Gasteiger partial charge in [-0.05, 0) is 18.9 Å². The molecule has 0 bridgehead atoms. The highest BCUT2D eigenvalue weighted by Crippen LogP contribution is 2.64. The lowest BCUT2D eigenvalue weighted by Crippen LogP contribution is -2.74. The van der Waals surface area contributed by atoms with Crippen molar-refractivity contribution in [2.45, 2.75) is 73.3 Å². The number of nitrogens with zero attached hydrogens (tertiary/aromatic N) is 1. The largest absolute Gasteiger partial charge is 0.460 e. The molecule has 0 radical (unpaired) electrons. The highest BCUT2D eigenvalue weighted by atomic mass is 19.4. The van der Waals surface area contributed by atoms with Crippen LogP contribution in [0.3, 0.4) is 0 Å². The fourth-order valence-corrected chi connectivity index (χ4v) is 2.49. The molecule has 0 spiro atoms. The molecular formula is C17H16F17NO. The molecular weight excluding hydrogens is 557 g/mol. The minimum atomic E-state index is -8.62. The van der Waals surface area contributed by atoms with E-state index in [-0.39, 0.29) is 13.0 Å². The SMILES string of the molecule is C=CC(=O)N(C)CCCCCC(F)(F)C(F)(F)C(F)(F)C(F)(F)C(F)(F)C(F)(F)C(F)(F)C(F)(F)F. The molecule has 0 rings (SSSR count). The predicted octanol–water partition coefficient (Wildman–Crippen LogP) is 7.20. The fourth-order valence-electron chi connectivity index (χ4n) is 2.49. The number of carbonyl (C=O) groups excluding carboxylic acids is 1. The molecule has 0 aliphatic rings. The molecule has 1 amide bonds. The molecule has 214 valence electrons. The monoisotopic (exact) mass is 573 g/mol. The van der Waals surface area contributed by atoms with Gasteiger partial charge in [0.1, 0.15) is 0 Å². The molecule has 0 N–H and O–H groups in total. The highest BCUT2D eigenvalue weighted by molar-refractivity contribution is 5.86. The summed E-state index contributed by atoms with van der Waals surface area (Å²) in [4.78, 5) is 12.1. The number of likely N-dealkylation sites (N-methyl/N-ethyl adjacent to an activating group) is 1. The molecule has 0 unspecified atom stereocenters. The van der Waals surface area contributed by atoms with Crippen LogP contribution in [0.5, 0.6) is 0 Å². The standard InChI is InChI=1S/C17H16F17NO/c1-3-9(36)35(2)8-6-4-5-7-10(18,19)11(20,21)12(22,23)13(24,25)14(26,27)15(28,29)16(30,31)17(32,33)34/h3H,1,4-8H2,2H3. The van der Waals surface area contributed by atoms with Gasteiger partial charge in [-0.3, -0.25) is 4.79 Å². The molecule has 0 saturated heterocycles. The lowest BCUT2D eigenvalue weighted by molar-refractivity contribution is -0.461. The third kappa shape index (κ3) is 5.33. The van der Waals surface area contributed by atoms with Crippen molar-refractivity contribution >= 4 is 5.91 Å². The smallest absolute Gasteiger partial charge is 0.342 e. The molecule has 0 aromatic carbocycles. The fraction of sp³-hybridized carbons (Fsp3) is 0.824. The number of hydrogen-bond donors (Lipinski definition) is 0. The van der Waals surface area contributed by atoms with Gasteiger partial charge in [-0.25, -0.2) is 0 Å². The highest BCUT2D eigenvalue weighted by Gasteiger charge is 2.95. The minimum Gasteiger partial charge on any atom is -0.342 e. The number of unbranched alkanes of at least 4 members (excludes halogenated alkanes) is 2. The van der Waals surface area contributed by atoms with Crippen molar-refractivity contribution in [3.63, 3.8) is 0 Å². The van der Waals surface area contributed by atoms with Crippen molar-refractivity contribution in [1.29, 1.82) is 0 Å². The second kappa shape index (κ2) is 10.1. The molecule has 0 atom stereocenters. The van der Waals surface area contributed by atoms with Crippen molar-refractivity contribution in [2.75, 3.05) is 13.6 Å². The van der Waals surface area contributed by atoms with Crippen molar-refractivity contribution in [3.8, 4) is 0 Å². The third-order valence-corrected chi connectivity index (χ3v) is 4.82. The van der Waals surface area contributed by atoms with Gasteiger partial charge in [0.15, 0.2) is 0 Å². The Hall–Kier alpha value is -1.98.